The number of hydrogen-bond acceptors (Lipinski definition) is 2. The first-order chi connectivity index (χ1) is 7.84. The predicted octanol–water partition coefficient (Wildman–Crippen LogP) is 2.71. The summed E-state index contributed by atoms with van der Waals surface area (Å²) in [5, 5.41) is 12.3. The van der Waals surface area contributed by atoms with Crippen molar-refractivity contribution in [1.29, 1.82) is 0 Å². The van der Waals surface area contributed by atoms with Crippen LogP contribution in [0.15, 0.2) is 0 Å². The van der Waals surface area contributed by atoms with Gasteiger partial charge in [-0.2, -0.15) is 13.2 Å². The molecule has 0 radical (unpaired) electrons. The predicted molar refractivity (Wildman–Crippen MR) is 60.6 cm³/mol. The van der Waals surface area contributed by atoms with Crippen LogP contribution in [0.4, 0.5) is 13.2 Å². The molecule has 2 atom stereocenters. The lowest BCUT2D eigenvalue weighted by atomic mass is 9.85. The normalized spacial score (nSPS) is 30.0. The van der Waals surface area contributed by atoms with E-state index in [9.17, 15) is 13.2 Å². The number of hydrogen-bond donors (Lipinski definition) is 2. The number of aliphatic hydroxyl groups is 1. The number of alkyl halides is 3. The van der Waals surface area contributed by atoms with Crippen LogP contribution in [0.3, 0.4) is 0 Å². The van der Waals surface area contributed by atoms with E-state index in [0.29, 0.717) is 12.8 Å². The maximum atomic E-state index is 12.5. The Balaban J connectivity index is 2.33. The Bertz CT molecular complexity index is 224. The van der Waals surface area contributed by atoms with Gasteiger partial charge in [0.05, 0.1) is 5.92 Å². The number of aliphatic hydroxyl groups excluding tert-OH is 1. The highest BCUT2D eigenvalue weighted by atomic mass is 19.4. The van der Waals surface area contributed by atoms with Gasteiger partial charge in [0.15, 0.2) is 0 Å². The van der Waals surface area contributed by atoms with E-state index in [0.717, 1.165) is 0 Å². The molecule has 1 rings (SSSR count). The summed E-state index contributed by atoms with van der Waals surface area (Å²) >= 11 is 0. The van der Waals surface area contributed by atoms with Crippen LogP contribution in [0.5, 0.6) is 0 Å². The highest BCUT2D eigenvalue weighted by Gasteiger charge is 2.41. The molecule has 0 saturated heterocycles. The molecule has 1 aliphatic carbocycles. The number of nitrogens with one attached hydrogen (secondary N) is 1. The van der Waals surface area contributed by atoms with E-state index < -0.39 is 12.1 Å². The van der Waals surface area contributed by atoms with Crippen LogP contribution in [0.1, 0.15) is 39.5 Å². The molecule has 5 heteroatoms. The van der Waals surface area contributed by atoms with Gasteiger partial charge >= 0.3 is 6.18 Å². The van der Waals surface area contributed by atoms with Crippen LogP contribution in [-0.2, 0) is 0 Å². The summed E-state index contributed by atoms with van der Waals surface area (Å²) in [5.41, 5.74) is 0. The van der Waals surface area contributed by atoms with E-state index >= 15 is 0 Å². The molecule has 0 aromatic heterocycles. The summed E-state index contributed by atoms with van der Waals surface area (Å²) in [5.74, 6) is -0.985. The Kier molecular flexibility index (Phi) is 5.25. The van der Waals surface area contributed by atoms with Crippen molar-refractivity contribution >= 4 is 0 Å². The molecule has 1 fully saturated rings. The summed E-state index contributed by atoms with van der Waals surface area (Å²) in [6, 6.07) is 0.310. The van der Waals surface area contributed by atoms with Gasteiger partial charge in [0.25, 0.3) is 0 Å². The van der Waals surface area contributed by atoms with E-state index in [1.165, 1.54) is 0 Å². The molecular weight excluding hydrogens is 231 g/mol. The van der Waals surface area contributed by atoms with E-state index in [1.54, 1.807) is 0 Å². The lowest BCUT2D eigenvalue weighted by molar-refractivity contribution is -0.182. The molecule has 1 aliphatic rings. The largest absolute Gasteiger partial charge is 0.396 e. The van der Waals surface area contributed by atoms with Gasteiger partial charge in [-0.15, -0.1) is 0 Å². The maximum Gasteiger partial charge on any atom is 0.391 e. The van der Waals surface area contributed by atoms with Crippen LogP contribution in [0.25, 0.3) is 0 Å². The molecule has 2 unspecified atom stereocenters. The smallest absolute Gasteiger partial charge is 0.391 e. The van der Waals surface area contributed by atoms with Crippen molar-refractivity contribution in [2.45, 2.75) is 57.8 Å². The maximum absolute atomic E-state index is 12.5. The summed E-state index contributed by atoms with van der Waals surface area (Å²) in [6.07, 6.45) is -2.43. The first kappa shape index (κ1) is 14.8. The fourth-order valence-electron chi connectivity index (χ4n) is 2.28. The molecular formula is C12H22F3NO. The number of halogens is 3. The second-order valence-corrected chi connectivity index (χ2v) is 5.21. The minimum absolute atomic E-state index is 0.103. The van der Waals surface area contributed by atoms with Crippen molar-refractivity contribution in [3.8, 4) is 0 Å². The molecule has 0 aromatic carbocycles. The summed E-state index contributed by atoms with van der Waals surface area (Å²) in [6.45, 7) is 4.00. The average molecular weight is 253 g/mol. The quantitative estimate of drug-likeness (QED) is 0.807. The summed E-state index contributed by atoms with van der Waals surface area (Å²) in [4.78, 5) is 0. The second-order valence-electron chi connectivity index (χ2n) is 5.21. The van der Waals surface area contributed by atoms with E-state index in [1.807, 2.05) is 13.8 Å². The SMILES string of the molecule is CC(CO)C(C)NC1CCC(C(F)(F)F)CC1. The Hall–Kier alpha value is -0.290. The standard InChI is InChI=1S/C12H22F3NO/c1-8(7-17)9(2)16-11-5-3-10(4-6-11)12(13,14)15/h8-11,16-17H,3-7H2,1-2H3. The van der Waals surface area contributed by atoms with Crippen molar-refractivity contribution in [2.75, 3.05) is 6.61 Å². The third-order valence-corrected chi connectivity index (χ3v) is 3.83. The van der Waals surface area contributed by atoms with Gasteiger partial charge in [0.1, 0.15) is 0 Å². The van der Waals surface area contributed by atoms with E-state index in [2.05, 4.69) is 5.32 Å². The molecule has 0 amide bonds. The lowest BCUT2D eigenvalue weighted by Gasteiger charge is -2.33. The third-order valence-electron chi connectivity index (χ3n) is 3.83. The first-order valence-corrected chi connectivity index (χ1v) is 6.28. The minimum Gasteiger partial charge on any atom is -0.396 e. The fourth-order valence-corrected chi connectivity index (χ4v) is 2.28. The highest BCUT2D eigenvalue weighted by Crippen LogP contribution is 2.37. The molecule has 0 aliphatic heterocycles. The Morgan fingerprint density at radius 2 is 1.71 bits per heavy atom. The Morgan fingerprint density at radius 3 is 2.12 bits per heavy atom. The van der Waals surface area contributed by atoms with Crippen molar-refractivity contribution in [3.05, 3.63) is 0 Å². The van der Waals surface area contributed by atoms with Gasteiger partial charge in [-0.3, -0.25) is 0 Å². The Morgan fingerprint density at radius 1 is 1.18 bits per heavy atom. The zero-order valence-corrected chi connectivity index (χ0v) is 10.4. The van der Waals surface area contributed by atoms with Crippen molar-refractivity contribution in [3.63, 3.8) is 0 Å². The third kappa shape index (κ3) is 4.47. The first-order valence-electron chi connectivity index (χ1n) is 6.28. The molecule has 0 heterocycles. The van der Waals surface area contributed by atoms with Crippen molar-refractivity contribution in [2.24, 2.45) is 11.8 Å². The molecule has 0 spiro atoms. The molecule has 2 nitrogen and oxygen atoms in total. The molecule has 0 bridgehead atoms. The van der Waals surface area contributed by atoms with Crippen LogP contribution in [-0.4, -0.2) is 30.0 Å². The fraction of sp³-hybridized carbons (Fsp3) is 1.00. The van der Waals surface area contributed by atoms with Crippen LogP contribution in [0.2, 0.25) is 0 Å². The van der Waals surface area contributed by atoms with Gasteiger partial charge in [-0.1, -0.05) is 6.92 Å². The topological polar surface area (TPSA) is 32.3 Å². The summed E-state index contributed by atoms with van der Waals surface area (Å²) < 4.78 is 37.4. The number of rotatable bonds is 4. The molecule has 2 N–H and O–H groups in total. The van der Waals surface area contributed by atoms with Gasteiger partial charge in [0, 0.05) is 18.7 Å². The van der Waals surface area contributed by atoms with Crippen LogP contribution < -0.4 is 5.32 Å². The van der Waals surface area contributed by atoms with Gasteiger partial charge < -0.3 is 10.4 Å². The highest BCUT2D eigenvalue weighted by molar-refractivity contribution is 4.83. The van der Waals surface area contributed by atoms with Crippen LogP contribution in [0, 0.1) is 11.8 Å². The minimum atomic E-state index is -4.03. The van der Waals surface area contributed by atoms with Crippen molar-refractivity contribution in [1.82, 2.24) is 5.32 Å². The summed E-state index contributed by atoms with van der Waals surface area (Å²) in [7, 11) is 0. The van der Waals surface area contributed by atoms with Gasteiger partial charge in [-0.05, 0) is 38.5 Å². The van der Waals surface area contributed by atoms with Gasteiger partial charge in [0.2, 0.25) is 0 Å². The van der Waals surface area contributed by atoms with E-state index in [4.69, 9.17) is 5.11 Å². The molecule has 17 heavy (non-hydrogen) atoms. The van der Waals surface area contributed by atoms with Crippen LogP contribution >= 0.6 is 0 Å². The molecule has 1 saturated carbocycles. The van der Waals surface area contributed by atoms with Gasteiger partial charge in [-0.25, -0.2) is 0 Å². The van der Waals surface area contributed by atoms with Crippen molar-refractivity contribution < 1.29 is 18.3 Å². The molecule has 102 valence electrons. The average Bonchev–Trinajstić information content (AvgIpc) is 2.27. The zero-order valence-electron chi connectivity index (χ0n) is 10.4. The zero-order chi connectivity index (χ0) is 13.1. The van der Waals surface area contributed by atoms with E-state index in [-0.39, 0.29) is 37.5 Å². The molecule has 0 aromatic rings. The Labute approximate surface area is 101 Å². The monoisotopic (exact) mass is 253 g/mol. The second kappa shape index (κ2) is 6.05. The lowest BCUT2D eigenvalue weighted by Crippen LogP contribution is -2.44.